The maximum absolute atomic E-state index is 12.4. The van der Waals surface area contributed by atoms with Crippen molar-refractivity contribution in [2.45, 2.75) is 51.7 Å². The monoisotopic (exact) mass is 327 g/mol. The number of cyclic esters (lactones) is 1. The molecule has 0 bridgehead atoms. The minimum absolute atomic E-state index is 0.198. The molecule has 0 amide bonds. The molecule has 0 saturated carbocycles. The highest BCUT2D eigenvalue weighted by Crippen LogP contribution is 2.32. The largest absolute Gasteiger partial charge is 0.460 e. The maximum atomic E-state index is 12.4. The van der Waals surface area contributed by atoms with E-state index in [-0.39, 0.29) is 6.10 Å². The van der Waals surface area contributed by atoms with Gasteiger partial charge >= 0.3 is 11.9 Å². The predicted octanol–water partition coefficient (Wildman–Crippen LogP) is 3.15. The first-order chi connectivity index (χ1) is 11.5. The number of carbonyl (C=O) groups is 2. The number of hydrogen-bond acceptors (Lipinski definition) is 4. The summed E-state index contributed by atoms with van der Waals surface area (Å²) in [5.41, 5.74) is 4.13. The first kappa shape index (κ1) is 15.2. The second kappa shape index (κ2) is 5.65. The summed E-state index contributed by atoms with van der Waals surface area (Å²) < 4.78 is 10.4. The van der Waals surface area contributed by atoms with Gasteiger partial charge in [0, 0.05) is 23.0 Å². The number of aryl methyl sites for hydroxylation is 1. The first-order valence-electron chi connectivity index (χ1n) is 8.56. The molecule has 0 radical (unpaired) electrons. The molecule has 2 aliphatic rings. The molecule has 1 aromatic carbocycles. The smallest absolute Gasteiger partial charge is 0.347 e. The van der Waals surface area contributed by atoms with Crippen LogP contribution in [0.4, 0.5) is 0 Å². The fraction of sp³-hybridized carbons (Fsp3) is 0.474. The van der Waals surface area contributed by atoms with E-state index in [0.29, 0.717) is 17.9 Å². The van der Waals surface area contributed by atoms with Crippen molar-refractivity contribution in [1.29, 1.82) is 0 Å². The zero-order valence-corrected chi connectivity index (χ0v) is 13.9. The van der Waals surface area contributed by atoms with Gasteiger partial charge in [-0.15, -0.1) is 0 Å². The van der Waals surface area contributed by atoms with E-state index < -0.39 is 18.0 Å². The minimum atomic E-state index is -0.789. The van der Waals surface area contributed by atoms with Gasteiger partial charge in [-0.2, -0.15) is 0 Å². The number of nitrogens with one attached hydrogen (secondary N) is 1. The number of carbonyl (C=O) groups excluding carboxylic acids is 2. The Hall–Kier alpha value is -2.30. The van der Waals surface area contributed by atoms with Crippen LogP contribution in [0.15, 0.2) is 18.2 Å². The number of ether oxygens (including phenoxy) is 2. The number of aromatic amines is 1. The molecule has 1 aliphatic heterocycles. The fourth-order valence-corrected chi connectivity index (χ4v) is 3.73. The van der Waals surface area contributed by atoms with Crippen molar-refractivity contribution in [2.24, 2.45) is 5.92 Å². The van der Waals surface area contributed by atoms with Gasteiger partial charge < -0.3 is 14.5 Å². The average Bonchev–Trinajstić information content (AvgIpc) is 3.06. The molecule has 5 heteroatoms. The van der Waals surface area contributed by atoms with Crippen molar-refractivity contribution in [3.63, 3.8) is 0 Å². The lowest BCUT2D eigenvalue weighted by molar-refractivity contribution is -0.147. The molecule has 1 fully saturated rings. The summed E-state index contributed by atoms with van der Waals surface area (Å²) in [6.45, 7) is 4.05. The Balaban J connectivity index is 1.61. The molecular formula is C19H21NO4. The number of H-pyrrole nitrogens is 1. The van der Waals surface area contributed by atoms with Crippen molar-refractivity contribution >= 4 is 22.8 Å². The number of benzene rings is 1. The topological polar surface area (TPSA) is 68.4 Å². The Morgan fingerprint density at radius 3 is 2.92 bits per heavy atom. The van der Waals surface area contributed by atoms with E-state index >= 15 is 0 Å². The Morgan fingerprint density at radius 2 is 2.17 bits per heavy atom. The van der Waals surface area contributed by atoms with Gasteiger partial charge in [-0.3, -0.25) is 0 Å². The van der Waals surface area contributed by atoms with Crippen molar-refractivity contribution in [2.75, 3.05) is 0 Å². The third kappa shape index (κ3) is 2.58. The van der Waals surface area contributed by atoms with Crippen LogP contribution in [0.25, 0.3) is 10.9 Å². The van der Waals surface area contributed by atoms with Gasteiger partial charge in [0.2, 0.25) is 6.10 Å². The van der Waals surface area contributed by atoms with Crippen LogP contribution >= 0.6 is 0 Å². The maximum Gasteiger partial charge on any atom is 0.347 e. The molecule has 1 aliphatic carbocycles. The third-order valence-electron chi connectivity index (χ3n) is 5.05. The van der Waals surface area contributed by atoms with Crippen molar-refractivity contribution < 1.29 is 19.1 Å². The molecule has 1 N–H and O–H groups in total. The van der Waals surface area contributed by atoms with Gasteiger partial charge in [-0.1, -0.05) is 6.92 Å². The second-order valence-electron chi connectivity index (χ2n) is 7.07. The van der Waals surface area contributed by atoms with E-state index in [9.17, 15) is 9.59 Å². The van der Waals surface area contributed by atoms with Gasteiger partial charge in [0.1, 0.15) is 6.10 Å². The molecule has 4 rings (SSSR count). The number of esters is 2. The Morgan fingerprint density at radius 1 is 1.33 bits per heavy atom. The highest BCUT2D eigenvalue weighted by Gasteiger charge is 2.35. The van der Waals surface area contributed by atoms with Gasteiger partial charge in [0.05, 0.1) is 5.56 Å². The average molecular weight is 327 g/mol. The lowest BCUT2D eigenvalue weighted by atomic mass is 9.87. The van der Waals surface area contributed by atoms with E-state index in [1.54, 1.807) is 13.0 Å². The SMILES string of the molecule is CC1CCc2[nH]c3ccc(C(=O)OC4CC(C)OC4=O)cc3c2C1. The fourth-order valence-electron chi connectivity index (χ4n) is 3.73. The lowest BCUT2D eigenvalue weighted by Gasteiger charge is -2.18. The van der Waals surface area contributed by atoms with Crippen LogP contribution in [-0.2, 0) is 27.1 Å². The molecular weight excluding hydrogens is 306 g/mol. The van der Waals surface area contributed by atoms with E-state index in [2.05, 4.69) is 11.9 Å². The Labute approximate surface area is 140 Å². The van der Waals surface area contributed by atoms with Gasteiger partial charge in [0.15, 0.2) is 0 Å². The molecule has 2 aromatic rings. The van der Waals surface area contributed by atoms with Crippen LogP contribution in [0.2, 0.25) is 0 Å². The van der Waals surface area contributed by atoms with Gasteiger partial charge in [-0.25, -0.2) is 9.59 Å². The Kier molecular flexibility index (Phi) is 3.59. The van der Waals surface area contributed by atoms with Crippen LogP contribution in [-0.4, -0.2) is 29.1 Å². The molecule has 3 unspecified atom stereocenters. The van der Waals surface area contributed by atoms with Crippen LogP contribution in [0.1, 0.15) is 48.3 Å². The normalized spacial score (nSPS) is 26.2. The lowest BCUT2D eigenvalue weighted by Crippen LogP contribution is -2.22. The summed E-state index contributed by atoms with van der Waals surface area (Å²) in [5.74, 6) is -0.265. The van der Waals surface area contributed by atoms with Crippen LogP contribution < -0.4 is 0 Å². The minimum Gasteiger partial charge on any atom is -0.460 e. The quantitative estimate of drug-likeness (QED) is 0.860. The molecule has 2 heterocycles. The summed E-state index contributed by atoms with van der Waals surface area (Å²) in [6.07, 6.45) is 2.71. The summed E-state index contributed by atoms with van der Waals surface area (Å²) in [5, 5.41) is 1.09. The van der Waals surface area contributed by atoms with Gasteiger partial charge in [0.25, 0.3) is 0 Å². The highest BCUT2D eigenvalue weighted by molar-refractivity contribution is 5.97. The molecule has 3 atom stereocenters. The second-order valence-corrected chi connectivity index (χ2v) is 7.07. The summed E-state index contributed by atoms with van der Waals surface area (Å²) in [7, 11) is 0. The summed E-state index contributed by atoms with van der Waals surface area (Å²) in [6, 6.07) is 5.55. The zero-order valence-electron chi connectivity index (χ0n) is 13.9. The summed E-state index contributed by atoms with van der Waals surface area (Å²) in [4.78, 5) is 27.5. The molecule has 0 spiro atoms. The summed E-state index contributed by atoms with van der Waals surface area (Å²) >= 11 is 0. The van der Waals surface area contributed by atoms with Crippen molar-refractivity contribution in [3.8, 4) is 0 Å². The highest BCUT2D eigenvalue weighted by atomic mass is 16.6. The number of fused-ring (bicyclic) bond motifs is 3. The van der Waals surface area contributed by atoms with Gasteiger partial charge in [-0.05, 0) is 55.9 Å². The number of aromatic nitrogens is 1. The molecule has 1 aromatic heterocycles. The van der Waals surface area contributed by atoms with E-state index in [0.717, 1.165) is 23.7 Å². The Bertz CT molecular complexity index is 822. The molecule has 5 nitrogen and oxygen atoms in total. The van der Waals surface area contributed by atoms with E-state index in [1.165, 1.54) is 17.7 Å². The standard InChI is InChI=1S/C19H21NO4/c1-10-3-5-15-13(7-10)14-9-12(4-6-16(14)20-15)18(21)24-17-8-11(2)23-19(17)22/h4,6,9-11,17,20H,3,5,7-8H2,1-2H3. The predicted molar refractivity (Wildman–Crippen MR) is 88.9 cm³/mol. The molecule has 126 valence electrons. The van der Waals surface area contributed by atoms with Crippen LogP contribution in [0, 0.1) is 5.92 Å². The number of rotatable bonds is 2. The third-order valence-corrected chi connectivity index (χ3v) is 5.05. The van der Waals surface area contributed by atoms with E-state index in [1.807, 2.05) is 12.1 Å². The number of hydrogen-bond donors (Lipinski definition) is 1. The first-order valence-corrected chi connectivity index (χ1v) is 8.56. The van der Waals surface area contributed by atoms with E-state index in [4.69, 9.17) is 9.47 Å². The van der Waals surface area contributed by atoms with Crippen LogP contribution in [0.5, 0.6) is 0 Å². The zero-order chi connectivity index (χ0) is 16.8. The van der Waals surface area contributed by atoms with Crippen molar-refractivity contribution in [1.82, 2.24) is 4.98 Å². The molecule has 1 saturated heterocycles. The van der Waals surface area contributed by atoms with Crippen LogP contribution in [0.3, 0.4) is 0 Å². The van der Waals surface area contributed by atoms with Crippen molar-refractivity contribution in [3.05, 3.63) is 35.0 Å². The molecule has 24 heavy (non-hydrogen) atoms.